The summed E-state index contributed by atoms with van der Waals surface area (Å²) >= 11 is 1.08. The van der Waals surface area contributed by atoms with E-state index in [2.05, 4.69) is 5.16 Å². The molecule has 1 saturated heterocycles. The Morgan fingerprint density at radius 3 is 2.61 bits per heavy atom. The Morgan fingerprint density at radius 2 is 2.00 bits per heavy atom. The zero-order valence-electron chi connectivity index (χ0n) is 15.1. The SMILES string of the molecule is CO/N=C1/C(=O)N(Cc2sccc2NS(=O)(=O)C(F)(F)F)CCC12CCCC2. The molecule has 7 nitrogen and oxygen atoms in total. The summed E-state index contributed by atoms with van der Waals surface area (Å²) in [6.45, 7) is 0.413. The van der Waals surface area contributed by atoms with E-state index in [-0.39, 0.29) is 23.6 Å². The fraction of sp³-hybridized carbons (Fsp3) is 0.625. The Morgan fingerprint density at radius 1 is 1.32 bits per heavy atom. The van der Waals surface area contributed by atoms with Crippen LogP contribution in [0.1, 0.15) is 37.0 Å². The first-order valence-corrected chi connectivity index (χ1v) is 11.0. The topological polar surface area (TPSA) is 88.1 Å². The zero-order valence-corrected chi connectivity index (χ0v) is 16.7. The van der Waals surface area contributed by atoms with Crippen LogP contribution in [-0.4, -0.2) is 44.1 Å². The summed E-state index contributed by atoms with van der Waals surface area (Å²) in [7, 11) is -4.16. The number of hydrogen-bond acceptors (Lipinski definition) is 6. The smallest absolute Gasteiger partial charge is 0.399 e. The molecule has 12 heteroatoms. The van der Waals surface area contributed by atoms with Crippen molar-refractivity contribution in [3.8, 4) is 0 Å². The van der Waals surface area contributed by atoms with Gasteiger partial charge < -0.3 is 9.74 Å². The third-order valence-electron chi connectivity index (χ3n) is 5.22. The molecule has 1 spiro atoms. The number of carbonyl (C=O) groups is 1. The molecule has 0 radical (unpaired) electrons. The third kappa shape index (κ3) is 3.84. The van der Waals surface area contributed by atoms with Crippen LogP contribution in [-0.2, 0) is 26.2 Å². The van der Waals surface area contributed by atoms with E-state index in [1.54, 1.807) is 4.72 Å². The van der Waals surface area contributed by atoms with Gasteiger partial charge in [0.25, 0.3) is 5.91 Å². The summed E-state index contributed by atoms with van der Waals surface area (Å²) in [6.07, 6.45) is 4.40. The molecule has 0 aromatic carbocycles. The van der Waals surface area contributed by atoms with Gasteiger partial charge in [0.15, 0.2) is 5.71 Å². The highest BCUT2D eigenvalue weighted by molar-refractivity contribution is 7.93. The number of halogens is 3. The van der Waals surface area contributed by atoms with Gasteiger partial charge >= 0.3 is 15.5 Å². The number of carbonyl (C=O) groups excluding carboxylic acids is 1. The van der Waals surface area contributed by atoms with E-state index in [1.165, 1.54) is 23.5 Å². The summed E-state index contributed by atoms with van der Waals surface area (Å²) in [6, 6.07) is 1.25. The van der Waals surface area contributed by atoms with Gasteiger partial charge in [-0.25, -0.2) is 0 Å². The predicted octanol–water partition coefficient (Wildman–Crippen LogP) is 3.30. The van der Waals surface area contributed by atoms with E-state index in [4.69, 9.17) is 4.84 Å². The van der Waals surface area contributed by atoms with E-state index < -0.39 is 15.5 Å². The van der Waals surface area contributed by atoms with Crippen molar-refractivity contribution >= 4 is 38.7 Å². The van der Waals surface area contributed by atoms with Gasteiger partial charge in [0, 0.05) is 16.8 Å². The maximum Gasteiger partial charge on any atom is 0.516 e. The number of hydrogen-bond donors (Lipinski definition) is 1. The first-order chi connectivity index (χ1) is 13.1. The van der Waals surface area contributed by atoms with Gasteiger partial charge in [0.2, 0.25) is 0 Å². The summed E-state index contributed by atoms with van der Waals surface area (Å²) in [4.78, 5) is 19.6. The van der Waals surface area contributed by atoms with E-state index in [9.17, 15) is 26.4 Å². The molecule has 156 valence electrons. The Balaban J connectivity index is 1.80. The summed E-state index contributed by atoms with van der Waals surface area (Å²) < 4.78 is 62.3. The molecular weight excluding hydrogens is 419 g/mol. The van der Waals surface area contributed by atoms with Crippen LogP contribution in [0.4, 0.5) is 18.9 Å². The monoisotopic (exact) mass is 439 g/mol. The van der Waals surface area contributed by atoms with Crippen LogP contribution in [0.15, 0.2) is 16.6 Å². The predicted molar refractivity (Wildman–Crippen MR) is 98.3 cm³/mol. The molecule has 1 aliphatic heterocycles. The minimum Gasteiger partial charge on any atom is -0.399 e. The maximum absolute atomic E-state index is 13.0. The molecule has 0 atom stereocenters. The van der Waals surface area contributed by atoms with Gasteiger partial charge in [-0.15, -0.1) is 11.3 Å². The third-order valence-corrected chi connectivity index (χ3v) is 7.23. The van der Waals surface area contributed by atoms with Crippen LogP contribution < -0.4 is 4.72 Å². The lowest BCUT2D eigenvalue weighted by Crippen LogP contribution is -2.51. The fourth-order valence-electron chi connectivity index (χ4n) is 3.79. The van der Waals surface area contributed by atoms with Crippen molar-refractivity contribution in [1.29, 1.82) is 0 Å². The Labute approximate surface area is 164 Å². The highest BCUT2D eigenvalue weighted by Gasteiger charge is 2.48. The van der Waals surface area contributed by atoms with Gasteiger partial charge in [-0.05, 0) is 30.7 Å². The number of thiophene rings is 1. The standard InChI is InChI=1S/C16H20F3N3O4S2/c1-26-20-13-14(23)22(8-7-15(13)5-2-3-6-15)10-12-11(4-9-27-12)21-28(24,25)16(17,18)19/h4,9,21H,2-3,5-8,10H2,1H3/b20-13-. The van der Waals surface area contributed by atoms with E-state index in [0.29, 0.717) is 23.6 Å². The van der Waals surface area contributed by atoms with Crippen molar-refractivity contribution in [2.24, 2.45) is 10.6 Å². The summed E-state index contributed by atoms with van der Waals surface area (Å²) in [5.41, 5.74) is -5.56. The molecule has 3 rings (SSSR count). The first kappa shape index (κ1) is 20.9. The Bertz CT molecular complexity index is 874. The number of rotatable bonds is 5. The van der Waals surface area contributed by atoms with Crippen molar-refractivity contribution in [3.63, 3.8) is 0 Å². The van der Waals surface area contributed by atoms with Crippen LogP contribution in [0.3, 0.4) is 0 Å². The number of piperidine rings is 1. The number of likely N-dealkylation sites (tertiary alicyclic amines) is 1. The molecular formula is C16H20F3N3O4S2. The maximum atomic E-state index is 13.0. The minimum atomic E-state index is -5.53. The van der Waals surface area contributed by atoms with E-state index in [1.807, 2.05) is 0 Å². The van der Waals surface area contributed by atoms with Crippen LogP contribution >= 0.6 is 11.3 Å². The van der Waals surface area contributed by atoms with Crippen LogP contribution in [0, 0.1) is 5.41 Å². The number of nitrogens with zero attached hydrogens (tertiary/aromatic N) is 2. The molecule has 2 aliphatic rings. The van der Waals surface area contributed by atoms with Crippen molar-refractivity contribution in [2.75, 3.05) is 18.4 Å². The molecule has 0 bridgehead atoms. The number of sulfonamides is 1. The van der Waals surface area contributed by atoms with Crippen molar-refractivity contribution in [3.05, 3.63) is 16.3 Å². The Kier molecular flexibility index (Phi) is 5.63. The molecule has 0 unspecified atom stereocenters. The van der Waals surface area contributed by atoms with Gasteiger partial charge in [0.05, 0.1) is 12.2 Å². The molecule has 1 aromatic heterocycles. The van der Waals surface area contributed by atoms with Gasteiger partial charge in [-0.3, -0.25) is 9.52 Å². The highest BCUT2D eigenvalue weighted by Crippen LogP contribution is 2.45. The van der Waals surface area contributed by atoms with E-state index >= 15 is 0 Å². The van der Waals surface area contributed by atoms with Crippen molar-refractivity contribution in [2.45, 2.75) is 44.2 Å². The highest BCUT2D eigenvalue weighted by atomic mass is 32.2. The van der Waals surface area contributed by atoms with Crippen molar-refractivity contribution in [1.82, 2.24) is 4.90 Å². The quantitative estimate of drug-likeness (QED) is 0.713. The van der Waals surface area contributed by atoms with Crippen molar-refractivity contribution < 1.29 is 31.2 Å². The van der Waals surface area contributed by atoms with E-state index in [0.717, 1.165) is 37.0 Å². The number of oxime groups is 1. The summed E-state index contributed by atoms with van der Waals surface area (Å²) in [5.74, 6) is -0.326. The second-order valence-electron chi connectivity index (χ2n) is 6.90. The molecule has 1 aliphatic carbocycles. The molecule has 2 fully saturated rings. The van der Waals surface area contributed by atoms with Crippen LogP contribution in [0.5, 0.6) is 0 Å². The lowest BCUT2D eigenvalue weighted by atomic mass is 9.75. The second kappa shape index (κ2) is 7.54. The largest absolute Gasteiger partial charge is 0.516 e. The van der Waals surface area contributed by atoms with Crippen LogP contribution in [0.25, 0.3) is 0 Å². The number of nitrogens with one attached hydrogen (secondary N) is 1. The zero-order chi connectivity index (χ0) is 20.6. The second-order valence-corrected chi connectivity index (χ2v) is 9.57. The van der Waals surface area contributed by atoms with Gasteiger partial charge in [0.1, 0.15) is 7.11 Å². The average molecular weight is 439 g/mol. The lowest BCUT2D eigenvalue weighted by molar-refractivity contribution is -0.127. The van der Waals surface area contributed by atoms with Crippen LogP contribution in [0.2, 0.25) is 0 Å². The number of anilines is 1. The molecule has 28 heavy (non-hydrogen) atoms. The molecule has 1 saturated carbocycles. The first-order valence-electron chi connectivity index (χ1n) is 8.66. The fourth-order valence-corrected chi connectivity index (χ4v) is 5.30. The molecule has 1 aromatic rings. The molecule has 1 N–H and O–H groups in total. The number of alkyl halides is 3. The van der Waals surface area contributed by atoms with Gasteiger partial charge in [-0.2, -0.15) is 21.6 Å². The molecule has 2 heterocycles. The minimum absolute atomic E-state index is 0.00890. The lowest BCUT2D eigenvalue weighted by Gasteiger charge is -2.39. The normalized spacial score (nSPS) is 21.5. The number of amides is 1. The summed E-state index contributed by atoms with van der Waals surface area (Å²) in [5, 5.41) is 5.43. The Hall–Kier alpha value is -1.82. The van der Waals surface area contributed by atoms with Gasteiger partial charge in [-0.1, -0.05) is 18.0 Å². The average Bonchev–Trinajstić information content (AvgIpc) is 3.23. The molecule has 1 amide bonds.